The lowest BCUT2D eigenvalue weighted by molar-refractivity contribution is 0.0472. The van der Waals surface area contributed by atoms with Crippen LogP contribution in [0.4, 0.5) is 0 Å². The minimum Gasteiger partial charge on any atom is -0.457 e. The summed E-state index contributed by atoms with van der Waals surface area (Å²) in [7, 11) is -3.71. The second kappa shape index (κ2) is 8.44. The molecule has 1 N–H and O–H groups in total. The molecule has 1 aliphatic heterocycles. The molecule has 1 atom stereocenters. The molecular weight excluding hydrogens is 354 g/mol. The second-order valence-corrected chi connectivity index (χ2v) is 7.84. The maximum atomic E-state index is 12.4. The summed E-state index contributed by atoms with van der Waals surface area (Å²) in [6, 6.07) is 15.1. The maximum absolute atomic E-state index is 12.4. The number of carbonyl (C=O) groups excluding carboxylic acids is 1. The van der Waals surface area contributed by atoms with Crippen LogP contribution >= 0.6 is 0 Å². The van der Waals surface area contributed by atoms with Gasteiger partial charge in [0.15, 0.2) is 0 Å². The molecule has 0 spiro atoms. The lowest BCUT2D eigenvalue weighted by atomic mass is 10.2. The van der Waals surface area contributed by atoms with E-state index in [9.17, 15) is 13.2 Å². The number of sulfonamides is 1. The number of ether oxygens (including phenoxy) is 2. The molecule has 6 nitrogen and oxygen atoms in total. The Morgan fingerprint density at radius 2 is 1.96 bits per heavy atom. The predicted octanol–water partition coefficient (Wildman–Crippen LogP) is 2.50. The van der Waals surface area contributed by atoms with E-state index >= 15 is 0 Å². The Kier molecular flexibility index (Phi) is 6.03. The molecule has 7 heteroatoms. The molecule has 0 unspecified atom stereocenters. The molecule has 0 aliphatic carbocycles. The Balaban J connectivity index is 1.63. The minimum absolute atomic E-state index is 0.0321. The first-order valence-electron chi connectivity index (χ1n) is 8.47. The van der Waals surface area contributed by atoms with Crippen molar-refractivity contribution in [2.24, 2.45) is 0 Å². The van der Waals surface area contributed by atoms with Gasteiger partial charge in [0.2, 0.25) is 10.0 Å². The van der Waals surface area contributed by atoms with Gasteiger partial charge in [-0.25, -0.2) is 17.9 Å². The first-order valence-corrected chi connectivity index (χ1v) is 9.95. The van der Waals surface area contributed by atoms with E-state index in [1.165, 1.54) is 24.3 Å². The third-order valence-electron chi connectivity index (χ3n) is 4.12. The zero-order chi connectivity index (χ0) is 18.4. The van der Waals surface area contributed by atoms with Crippen molar-refractivity contribution in [1.29, 1.82) is 0 Å². The monoisotopic (exact) mass is 375 g/mol. The summed E-state index contributed by atoms with van der Waals surface area (Å²) in [4.78, 5) is 12.2. The molecule has 0 amide bonds. The van der Waals surface area contributed by atoms with Gasteiger partial charge in [-0.15, -0.1) is 0 Å². The fourth-order valence-corrected chi connectivity index (χ4v) is 3.80. The first-order chi connectivity index (χ1) is 12.5. The number of esters is 1. The van der Waals surface area contributed by atoms with Gasteiger partial charge in [0.1, 0.15) is 6.61 Å². The molecule has 1 aliphatic rings. The molecule has 138 valence electrons. The van der Waals surface area contributed by atoms with Crippen LogP contribution in [0, 0.1) is 0 Å². The van der Waals surface area contributed by atoms with Crippen molar-refractivity contribution >= 4 is 16.0 Å². The third kappa shape index (κ3) is 4.91. The summed E-state index contributed by atoms with van der Waals surface area (Å²) in [6.45, 7) is 1.02. The van der Waals surface area contributed by atoms with E-state index in [2.05, 4.69) is 4.72 Å². The molecular formula is C19H21NO5S. The summed E-state index contributed by atoms with van der Waals surface area (Å²) in [6.07, 6.45) is 1.69. The minimum atomic E-state index is -3.71. The average Bonchev–Trinajstić information content (AvgIpc) is 3.19. The average molecular weight is 375 g/mol. The fraction of sp³-hybridized carbons (Fsp3) is 0.316. The zero-order valence-electron chi connectivity index (χ0n) is 14.3. The summed E-state index contributed by atoms with van der Waals surface area (Å²) >= 11 is 0. The highest BCUT2D eigenvalue weighted by atomic mass is 32.2. The van der Waals surface area contributed by atoms with Crippen LogP contribution in [0.2, 0.25) is 0 Å². The van der Waals surface area contributed by atoms with Gasteiger partial charge >= 0.3 is 5.97 Å². The van der Waals surface area contributed by atoms with Crippen LogP contribution in [-0.4, -0.2) is 33.6 Å². The topological polar surface area (TPSA) is 81.7 Å². The van der Waals surface area contributed by atoms with Crippen molar-refractivity contribution in [1.82, 2.24) is 4.72 Å². The van der Waals surface area contributed by atoms with Gasteiger partial charge in [-0.3, -0.25) is 0 Å². The molecule has 26 heavy (non-hydrogen) atoms. The molecule has 1 fully saturated rings. The highest BCUT2D eigenvalue weighted by Gasteiger charge is 2.21. The first kappa shape index (κ1) is 18.6. The summed E-state index contributed by atoms with van der Waals surface area (Å²) < 4.78 is 38.1. The molecule has 0 saturated carbocycles. The largest absolute Gasteiger partial charge is 0.457 e. The normalized spacial score (nSPS) is 17.2. The zero-order valence-corrected chi connectivity index (χ0v) is 15.1. The molecule has 0 bridgehead atoms. The van der Waals surface area contributed by atoms with Gasteiger partial charge in [-0.05, 0) is 36.6 Å². The van der Waals surface area contributed by atoms with Crippen molar-refractivity contribution < 1.29 is 22.7 Å². The lowest BCUT2D eigenvalue weighted by Gasteiger charge is -2.12. The van der Waals surface area contributed by atoms with E-state index < -0.39 is 16.0 Å². The number of rotatable bonds is 7. The quantitative estimate of drug-likeness (QED) is 0.752. The number of hydrogen-bond donors (Lipinski definition) is 1. The highest BCUT2D eigenvalue weighted by molar-refractivity contribution is 7.89. The highest BCUT2D eigenvalue weighted by Crippen LogP contribution is 2.15. The maximum Gasteiger partial charge on any atom is 0.338 e. The van der Waals surface area contributed by atoms with Crippen LogP contribution in [0.3, 0.4) is 0 Å². The van der Waals surface area contributed by atoms with Crippen LogP contribution in [0.25, 0.3) is 0 Å². The Morgan fingerprint density at radius 3 is 2.69 bits per heavy atom. The second-order valence-electron chi connectivity index (χ2n) is 6.08. The van der Waals surface area contributed by atoms with Crippen LogP contribution in [0.1, 0.15) is 28.8 Å². The molecule has 2 aromatic carbocycles. The van der Waals surface area contributed by atoms with Crippen molar-refractivity contribution in [3.63, 3.8) is 0 Å². The van der Waals surface area contributed by atoms with Gasteiger partial charge in [-0.2, -0.15) is 0 Å². The van der Waals surface area contributed by atoms with E-state index in [4.69, 9.17) is 9.47 Å². The molecule has 1 saturated heterocycles. The van der Waals surface area contributed by atoms with Crippen LogP contribution in [0.5, 0.6) is 0 Å². The van der Waals surface area contributed by atoms with Crippen molar-refractivity contribution in [2.75, 3.05) is 13.2 Å². The van der Waals surface area contributed by atoms with Gasteiger partial charge in [0, 0.05) is 13.2 Å². The predicted molar refractivity (Wildman–Crippen MR) is 96.2 cm³/mol. The lowest BCUT2D eigenvalue weighted by Crippen LogP contribution is -2.31. The molecule has 3 rings (SSSR count). The van der Waals surface area contributed by atoms with Crippen LogP contribution < -0.4 is 4.72 Å². The van der Waals surface area contributed by atoms with Crippen LogP contribution in [-0.2, 0) is 26.1 Å². The molecule has 0 aromatic heterocycles. The van der Waals surface area contributed by atoms with E-state index in [0.717, 1.165) is 18.4 Å². The summed E-state index contributed by atoms with van der Waals surface area (Å²) in [5.74, 6) is -0.565. The Hall–Kier alpha value is -2.22. The van der Waals surface area contributed by atoms with Crippen molar-refractivity contribution in [3.05, 3.63) is 65.7 Å². The standard InChI is InChI=1S/C19H21NO5S/c21-19(25-14-15-6-2-1-3-7-15)16-8-4-10-18(12-16)26(22,23)20-13-17-9-5-11-24-17/h1-4,6-8,10,12,17,20H,5,9,11,13-14H2/t17-/m1/s1. The van der Waals surface area contributed by atoms with E-state index in [0.29, 0.717) is 6.61 Å². The van der Waals surface area contributed by atoms with Crippen LogP contribution in [0.15, 0.2) is 59.5 Å². The Bertz CT molecular complexity index is 845. The smallest absolute Gasteiger partial charge is 0.338 e. The third-order valence-corrected chi connectivity index (χ3v) is 5.54. The van der Waals surface area contributed by atoms with E-state index in [1.807, 2.05) is 30.3 Å². The van der Waals surface area contributed by atoms with Gasteiger partial charge in [-0.1, -0.05) is 36.4 Å². The molecule has 1 heterocycles. The van der Waals surface area contributed by atoms with Gasteiger partial charge in [0.05, 0.1) is 16.6 Å². The van der Waals surface area contributed by atoms with E-state index in [1.54, 1.807) is 0 Å². The molecule has 0 radical (unpaired) electrons. The Labute approximate surface area is 153 Å². The molecule has 2 aromatic rings. The van der Waals surface area contributed by atoms with Crippen molar-refractivity contribution in [3.8, 4) is 0 Å². The van der Waals surface area contributed by atoms with E-state index in [-0.39, 0.29) is 29.7 Å². The van der Waals surface area contributed by atoms with Gasteiger partial charge < -0.3 is 9.47 Å². The number of carbonyl (C=O) groups is 1. The summed E-state index contributed by atoms with van der Waals surface area (Å²) in [5.41, 5.74) is 1.06. The number of benzene rings is 2. The Morgan fingerprint density at radius 1 is 1.15 bits per heavy atom. The summed E-state index contributed by atoms with van der Waals surface area (Å²) in [5, 5.41) is 0. The SMILES string of the molecule is O=C(OCc1ccccc1)c1cccc(S(=O)(=O)NC[C@H]2CCCO2)c1. The number of nitrogens with one attached hydrogen (secondary N) is 1. The fourth-order valence-electron chi connectivity index (χ4n) is 2.69. The van der Waals surface area contributed by atoms with Gasteiger partial charge in [0.25, 0.3) is 0 Å². The number of hydrogen-bond acceptors (Lipinski definition) is 5. The van der Waals surface area contributed by atoms with Crippen molar-refractivity contribution in [2.45, 2.75) is 30.4 Å².